The molecule has 226 valence electrons. The van der Waals surface area contributed by atoms with E-state index in [1.54, 1.807) is 97.1 Å². The minimum atomic E-state index is -0.631. The molecule has 0 spiro atoms. The summed E-state index contributed by atoms with van der Waals surface area (Å²) in [5.74, 6) is -1.89. The van der Waals surface area contributed by atoms with E-state index in [0.29, 0.717) is 43.0 Å². The minimum absolute atomic E-state index is 0.0241. The highest BCUT2D eigenvalue weighted by Gasteiger charge is 2.40. The zero-order chi connectivity index (χ0) is 32.1. The first-order valence-corrected chi connectivity index (χ1v) is 15.3. The number of anilines is 2. The highest BCUT2D eigenvalue weighted by molar-refractivity contribution is 8.00. The molecule has 0 bridgehead atoms. The number of rotatable bonds is 9. The van der Waals surface area contributed by atoms with Crippen LogP contribution in [-0.2, 0) is 14.4 Å². The number of benzene rings is 4. The number of hydrogen-bond donors (Lipinski definition) is 2. The first kappa shape index (κ1) is 31.7. The van der Waals surface area contributed by atoms with E-state index in [2.05, 4.69) is 10.6 Å². The van der Waals surface area contributed by atoms with Gasteiger partial charge in [-0.15, -0.1) is 11.8 Å². The Morgan fingerprint density at radius 1 is 0.822 bits per heavy atom. The second-order valence-corrected chi connectivity index (χ2v) is 12.1. The molecule has 1 atom stereocenters. The molecule has 4 aromatic rings. The summed E-state index contributed by atoms with van der Waals surface area (Å²) >= 11 is 13.9. The van der Waals surface area contributed by atoms with Crippen LogP contribution in [0, 0.1) is 0 Å². The van der Waals surface area contributed by atoms with E-state index >= 15 is 0 Å². The van der Waals surface area contributed by atoms with Gasteiger partial charge in [0.1, 0.15) is 5.70 Å². The van der Waals surface area contributed by atoms with Gasteiger partial charge >= 0.3 is 0 Å². The fourth-order valence-electron chi connectivity index (χ4n) is 4.53. The average Bonchev–Trinajstić information content (AvgIpc) is 3.31. The van der Waals surface area contributed by atoms with Crippen LogP contribution in [0.5, 0.6) is 0 Å². The van der Waals surface area contributed by atoms with Crippen LogP contribution in [-0.4, -0.2) is 34.7 Å². The lowest BCUT2D eigenvalue weighted by molar-refractivity contribution is -0.121. The van der Waals surface area contributed by atoms with Crippen LogP contribution in [0.4, 0.5) is 11.4 Å². The summed E-state index contributed by atoms with van der Waals surface area (Å²) in [6.07, 6.45) is 1.43. The van der Waals surface area contributed by atoms with E-state index in [-0.39, 0.29) is 29.7 Å². The second-order valence-electron chi connectivity index (χ2n) is 9.97. The summed E-state index contributed by atoms with van der Waals surface area (Å²) in [5, 5.41) is 5.38. The summed E-state index contributed by atoms with van der Waals surface area (Å²) in [5.41, 5.74) is 1.97. The molecule has 1 aliphatic heterocycles. The van der Waals surface area contributed by atoms with Gasteiger partial charge in [-0.05, 0) is 85.8 Å². The van der Waals surface area contributed by atoms with Gasteiger partial charge in [-0.2, -0.15) is 0 Å². The molecule has 1 unspecified atom stereocenters. The lowest BCUT2D eigenvalue weighted by Gasteiger charge is -2.15. The van der Waals surface area contributed by atoms with Crippen LogP contribution in [0.25, 0.3) is 6.08 Å². The summed E-state index contributed by atoms with van der Waals surface area (Å²) in [6, 6.07) is 26.4. The fourth-order valence-corrected chi connectivity index (χ4v) is 6.09. The topological polar surface area (TPSA) is 113 Å². The van der Waals surface area contributed by atoms with E-state index in [1.165, 1.54) is 24.8 Å². The fraction of sp³-hybridized carbons (Fsp3) is 0.0882. The van der Waals surface area contributed by atoms with Crippen LogP contribution >= 0.6 is 35.0 Å². The van der Waals surface area contributed by atoms with Crippen molar-refractivity contribution in [2.24, 2.45) is 0 Å². The predicted molar refractivity (Wildman–Crippen MR) is 177 cm³/mol. The van der Waals surface area contributed by atoms with Crippen molar-refractivity contribution >= 4 is 81.8 Å². The number of nitrogens with zero attached hydrogens (tertiary/aromatic N) is 1. The largest absolute Gasteiger partial charge is 0.321 e. The van der Waals surface area contributed by atoms with Gasteiger partial charge in [-0.3, -0.25) is 24.0 Å². The van der Waals surface area contributed by atoms with Gasteiger partial charge in [0.05, 0.1) is 10.9 Å². The van der Waals surface area contributed by atoms with Gasteiger partial charge in [-0.1, -0.05) is 47.5 Å². The molecule has 4 amide bonds. The van der Waals surface area contributed by atoms with Crippen molar-refractivity contribution in [2.75, 3.05) is 10.2 Å². The molecule has 2 N–H and O–H groups in total. The molecule has 1 fully saturated rings. The molecule has 1 heterocycles. The number of carbonyl (C=O) groups is 5. The molecular weight excluding hydrogens is 633 g/mol. The van der Waals surface area contributed by atoms with Crippen molar-refractivity contribution in [1.82, 2.24) is 5.32 Å². The molecule has 1 saturated heterocycles. The molecule has 0 radical (unpaired) electrons. The van der Waals surface area contributed by atoms with Gasteiger partial charge in [-0.25, -0.2) is 4.90 Å². The van der Waals surface area contributed by atoms with Crippen molar-refractivity contribution in [3.63, 3.8) is 0 Å². The third-order valence-corrected chi connectivity index (χ3v) is 8.70. The maximum Gasteiger partial charge on any atom is 0.272 e. The third kappa shape index (κ3) is 7.51. The van der Waals surface area contributed by atoms with Gasteiger partial charge in [0.25, 0.3) is 11.8 Å². The van der Waals surface area contributed by atoms with E-state index in [4.69, 9.17) is 23.2 Å². The third-order valence-electron chi connectivity index (χ3n) is 6.84. The number of imide groups is 1. The van der Waals surface area contributed by atoms with Crippen LogP contribution in [0.3, 0.4) is 0 Å². The Kier molecular flexibility index (Phi) is 9.83. The summed E-state index contributed by atoms with van der Waals surface area (Å²) < 4.78 is 0. The average molecular weight is 659 g/mol. The number of ketones is 1. The Hall–Kier alpha value is -4.70. The number of halogens is 2. The molecule has 0 aromatic heterocycles. The molecule has 0 aliphatic carbocycles. The zero-order valence-corrected chi connectivity index (χ0v) is 26.1. The predicted octanol–water partition coefficient (Wildman–Crippen LogP) is 7.03. The molecule has 8 nitrogen and oxygen atoms in total. The number of thioether (sulfide) groups is 1. The highest BCUT2D eigenvalue weighted by atomic mass is 35.5. The summed E-state index contributed by atoms with van der Waals surface area (Å²) in [7, 11) is 0. The van der Waals surface area contributed by atoms with Crippen molar-refractivity contribution < 1.29 is 24.0 Å². The van der Waals surface area contributed by atoms with E-state index in [1.807, 2.05) is 0 Å². The number of hydrogen-bond acceptors (Lipinski definition) is 6. The molecular formula is C34H25Cl2N3O5S. The lowest BCUT2D eigenvalue weighted by Crippen LogP contribution is -2.31. The van der Waals surface area contributed by atoms with Crippen LogP contribution in [0.15, 0.2) is 108 Å². The van der Waals surface area contributed by atoms with E-state index in [0.717, 1.165) is 4.90 Å². The maximum absolute atomic E-state index is 13.4. The molecule has 0 saturated carbocycles. The Bertz CT molecular complexity index is 1810. The van der Waals surface area contributed by atoms with Crippen molar-refractivity contribution in [3.05, 3.63) is 129 Å². The molecule has 45 heavy (non-hydrogen) atoms. The van der Waals surface area contributed by atoms with Crippen LogP contribution < -0.4 is 15.5 Å². The Balaban J connectivity index is 1.29. The SMILES string of the molecule is CC(=O)c1ccc(N2C(=O)CC(Sc3ccc(NC(=O)/C(=C/c4c(Cl)cccc4Cl)NC(=O)c4ccccc4)cc3)C2=O)cc1. The zero-order valence-electron chi connectivity index (χ0n) is 23.8. The molecule has 4 aromatic carbocycles. The monoisotopic (exact) mass is 657 g/mol. The number of nitrogens with one attached hydrogen (secondary N) is 2. The maximum atomic E-state index is 13.4. The highest BCUT2D eigenvalue weighted by Crippen LogP contribution is 2.34. The number of carbonyl (C=O) groups excluding carboxylic acids is 5. The quantitative estimate of drug-likeness (QED) is 0.114. The van der Waals surface area contributed by atoms with Crippen molar-refractivity contribution in [2.45, 2.75) is 23.5 Å². The summed E-state index contributed by atoms with van der Waals surface area (Å²) in [6.45, 7) is 1.45. The van der Waals surface area contributed by atoms with Crippen LogP contribution in [0.2, 0.25) is 10.0 Å². The van der Waals surface area contributed by atoms with Gasteiger partial charge in [0.15, 0.2) is 5.78 Å². The Morgan fingerprint density at radius 2 is 1.47 bits per heavy atom. The first-order valence-electron chi connectivity index (χ1n) is 13.7. The second kappa shape index (κ2) is 13.9. The number of amides is 4. The summed E-state index contributed by atoms with van der Waals surface area (Å²) in [4.78, 5) is 65.5. The van der Waals surface area contributed by atoms with Crippen molar-refractivity contribution in [1.29, 1.82) is 0 Å². The lowest BCUT2D eigenvalue weighted by atomic mass is 10.1. The Labute approximate surface area is 273 Å². The van der Waals surface area contributed by atoms with E-state index < -0.39 is 17.1 Å². The van der Waals surface area contributed by atoms with Gasteiger partial charge < -0.3 is 10.6 Å². The first-order chi connectivity index (χ1) is 21.6. The van der Waals surface area contributed by atoms with Gasteiger partial charge in [0.2, 0.25) is 11.8 Å². The standard InChI is InChI=1S/C34H25Cl2N3O5S/c1-20(40)21-10-14-24(15-11-21)39-31(41)19-30(34(39)44)45-25-16-12-23(13-17-25)37-33(43)29(18-26-27(35)8-5-9-28(26)36)38-32(42)22-6-3-2-4-7-22/h2-18,30H,19H2,1H3,(H,37,43)(H,38,42)/b29-18-. The minimum Gasteiger partial charge on any atom is -0.321 e. The number of Topliss-reactive ketones (excluding diaryl/α,β-unsaturated/α-hetero) is 1. The molecule has 11 heteroatoms. The van der Waals surface area contributed by atoms with Gasteiger partial charge in [0, 0.05) is 43.7 Å². The normalized spacial score (nSPS) is 14.8. The molecule has 5 rings (SSSR count). The smallest absolute Gasteiger partial charge is 0.272 e. The van der Waals surface area contributed by atoms with Crippen LogP contribution in [0.1, 0.15) is 39.6 Å². The Morgan fingerprint density at radius 3 is 2.09 bits per heavy atom. The molecule has 1 aliphatic rings. The van der Waals surface area contributed by atoms with E-state index in [9.17, 15) is 24.0 Å². The van der Waals surface area contributed by atoms with Crippen molar-refractivity contribution in [3.8, 4) is 0 Å².